The number of sulfone groups is 1. The van der Waals surface area contributed by atoms with Crippen LogP contribution in [0.2, 0.25) is 5.02 Å². The normalized spacial score (nSPS) is 25.1. The number of hydrogen-bond donors (Lipinski definition) is 3. The summed E-state index contributed by atoms with van der Waals surface area (Å²) in [5, 5.41) is 15.3. The molecule has 0 aliphatic carbocycles. The molecule has 1 aromatic rings. The summed E-state index contributed by atoms with van der Waals surface area (Å²) in [7, 11) is -2.95. The fraction of sp³-hybridized carbons (Fsp3) is 0.462. The van der Waals surface area contributed by atoms with Crippen molar-refractivity contribution in [1.29, 1.82) is 0 Å². The van der Waals surface area contributed by atoms with E-state index in [9.17, 15) is 8.42 Å². The van der Waals surface area contributed by atoms with Crippen LogP contribution in [0.1, 0.15) is 24.5 Å². The van der Waals surface area contributed by atoms with Gasteiger partial charge in [-0.05, 0) is 25.0 Å². The van der Waals surface area contributed by atoms with Crippen molar-refractivity contribution in [2.75, 3.05) is 11.5 Å². The molecule has 1 atom stereocenters. The monoisotopic (exact) mass is 331 g/mol. The highest BCUT2D eigenvalue weighted by atomic mass is 35.5. The van der Waals surface area contributed by atoms with Gasteiger partial charge in [0.25, 0.3) is 0 Å². The Morgan fingerprint density at radius 3 is 2.81 bits per heavy atom. The van der Waals surface area contributed by atoms with Crippen molar-refractivity contribution in [3.63, 3.8) is 0 Å². The number of nitrogens with zero attached hydrogens (tertiary/aromatic N) is 1. The molecule has 116 valence electrons. The van der Waals surface area contributed by atoms with E-state index in [1.54, 1.807) is 18.2 Å². The van der Waals surface area contributed by atoms with Crippen molar-refractivity contribution in [3.05, 3.63) is 34.3 Å². The van der Waals surface area contributed by atoms with E-state index in [0.29, 0.717) is 23.6 Å². The Balaban J connectivity index is 2.08. The van der Waals surface area contributed by atoms with E-state index in [-0.39, 0.29) is 17.3 Å². The Kier molecular flexibility index (Phi) is 4.46. The van der Waals surface area contributed by atoms with Crippen LogP contribution < -0.4 is 11.1 Å². The van der Waals surface area contributed by atoms with Gasteiger partial charge in [0.2, 0.25) is 0 Å². The van der Waals surface area contributed by atoms with Crippen LogP contribution in [0.25, 0.3) is 0 Å². The summed E-state index contributed by atoms with van der Waals surface area (Å²) in [6.45, 7) is 2.36. The predicted molar refractivity (Wildman–Crippen MR) is 82.5 cm³/mol. The Morgan fingerprint density at radius 2 is 2.29 bits per heavy atom. The molecule has 1 aliphatic heterocycles. The molecule has 0 amide bonds. The molecule has 0 spiro atoms. The van der Waals surface area contributed by atoms with Gasteiger partial charge in [-0.15, -0.1) is 0 Å². The van der Waals surface area contributed by atoms with Gasteiger partial charge in [0.1, 0.15) is 0 Å². The van der Waals surface area contributed by atoms with Crippen LogP contribution >= 0.6 is 11.6 Å². The van der Waals surface area contributed by atoms with Crippen LogP contribution in [-0.4, -0.2) is 36.5 Å². The van der Waals surface area contributed by atoms with Gasteiger partial charge in [-0.3, -0.25) is 0 Å². The molecule has 1 fully saturated rings. The van der Waals surface area contributed by atoms with E-state index in [0.717, 1.165) is 5.56 Å². The highest BCUT2D eigenvalue weighted by Crippen LogP contribution is 2.25. The first-order chi connectivity index (χ1) is 9.75. The Labute approximate surface area is 128 Å². The SMILES string of the molecule is CC1(NCc2ccc(/C(N)=N/O)cc2Cl)CCS(=O)(=O)C1. The van der Waals surface area contributed by atoms with Crippen LogP contribution in [0.5, 0.6) is 0 Å². The van der Waals surface area contributed by atoms with Crippen molar-refractivity contribution < 1.29 is 13.6 Å². The van der Waals surface area contributed by atoms with E-state index in [2.05, 4.69) is 10.5 Å². The zero-order valence-corrected chi connectivity index (χ0v) is 13.2. The van der Waals surface area contributed by atoms with Crippen molar-refractivity contribution in [2.45, 2.75) is 25.4 Å². The quantitative estimate of drug-likeness (QED) is 0.332. The molecule has 1 aromatic carbocycles. The predicted octanol–water partition coefficient (Wildman–Crippen LogP) is 1.10. The third-order valence-electron chi connectivity index (χ3n) is 3.67. The lowest BCUT2D eigenvalue weighted by atomic mass is 10.0. The van der Waals surface area contributed by atoms with Crippen LogP contribution in [0.3, 0.4) is 0 Å². The van der Waals surface area contributed by atoms with Crippen LogP contribution in [0.4, 0.5) is 0 Å². The molecule has 0 saturated carbocycles. The first-order valence-corrected chi connectivity index (χ1v) is 8.66. The lowest BCUT2D eigenvalue weighted by Crippen LogP contribution is -2.42. The minimum absolute atomic E-state index is 0.00902. The minimum atomic E-state index is -2.95. The number of amidine groups is 1. The summed E-state index contributed by atoms with van der Waals surface area (Å²) < 4.78 is 23.1. The number of nitrogens with one attached hydrogen (secondary N) is 1. The van der Waals surface area contributed by atoms with Gasteiger partial charge >= 0.3 is 0 Å². The largest absolute Gasteiger partial charge is 0.409 e. The maximum absolute atomic E-state index is 11.6. The van der Waals surface area contributed by atoms with E-state index in [1.165, 1.54) is 0 Å². The summed E-state index contributed by atoms with van der Waals surface area (Å²) in [4.78, 5) is 0. The third kappa shape index (κ3) is 3.87. The summed E-state index contributed by atoms with van der Waals surface area (Å²) in [5.74, 6) is 0.345. The second-order valence-corrected chi connectivity index (χ2v) is 8.14. The average Bonchev–Trinajstić information content (AvgIpc) is 2.71. The highest BCUT2D eigenvalue weighted by Gasteiger charge is 2.37. The van der Waals surface area contributed by atoms with Crippen molar-refractivity contribution in [3.8, 4) is 0 Å². The number of halogens is 1. The second-order valence-electron chi connectivity index (χ2n) is 5.55. The molecule has 1 heterocycles. The van der Waals surface area contributed by atoms with E-state index >= 15 is 0 Å². The Hall–Kier alpha value is -1.31. The highest BCUT2D eigenvalue weighted by molar-refractivity contribution is 7.91. The van der Waals surface area contributed by atoms with E-state index in [1.807, 2.05) is 6.92 Å². The van der Waals surface area contributed by atoms with Gasteiger partial charge in [0.15, 0.2) is 15.7 Å². The molecule has 2 rings (SSSR count). The molecular weight excluding hydrogens is 314 g/mol. The second kappa shape index (κ2) is 5.82. The molecule has 6 nitrogen and oxygen atoms in total. The van der Waals surface area contributed by atoms with Crippen LogP contribution in [0.15, 0.2) is 23.4 Å². The molecule has 1 unspecified atom stereocenters. The van der Waals surface area contributed by atoms with Gasteiger partial charge in [-0.25, -0.2) is 8.42 Å². The van der Waals surface area contributed by atoms with Gasteiger partial charge in [-0.1, -0.05) is 28.9 Å². The molecule has 1 saturated heterocycles. The topological polar surface area (TPSA) is 105 Å². The summed E-state index contributed by atoms with van der Waals surface area (Å²) >= 11 is 6.17. The lowest BCUT2D eigenvalue weighted by Gasteiger charge is -2.24. The molecule has 4 N–H and O–H groups in total. The molecular formula is C13H18ClN3O3S. The minimum Gasteiger partial charge on any atom is -0.409 e. The van der Waals surface area contributed by atoms with Gasteiger partial charge < -0.3 is 16.3 Å². The van der Waals surface area contributed by atoms with Crippen LogP contribution in [0, 0.1) is 0 Å². The average molecular weight is 332 g/mol. The molecule has 0 bridgehead atoms. The fourth-order valence-corrected chi connectivity index (χ4v) is 4.74. The molecule has 8 heteroatoms. The molecule has 1 aliphatic rings. The maximum Gasteiger partial charge on any atom is 0.170 e. The fourth-order valence-electron chi connectivity index (χ4n) is 2.37. The zero-order valence-electron chi connectivity index (χ0n) is 11.6. The van der Waals surface area contributed by atoms with Crippen LogP contribution in [-0.2, 0) is 16.4 Å². The lowest BCUT2D eigenvalue weighted by molar-refractivity contribution is 0.318. The Morgan fingerprint density at radius 1 is 1.57 bits per heavy atom. The summed E-state index contributed by atoms with van der Waals surface area (Å²) in [6, 6.07) is 5.09. The first kappa shape index (κ1) is 16.1. The van der Waals surface area contributed by atoms with Crippen molar-refractivity contribution in [1.82, 2.24) is 5.32 Å². The smallest absolute Gasteiger partial charge is 0.170 e. The number of hydrogen-bond acceptors (Lipinski definition) is 5. The number of oxime groups is 1. The van der Waals surface area contributed by atoms with Crippen molar-refractivity contribution >= 4 is 27.3 Å². The molecule has 0 aromatic heterocycles. The molecule has 0 radical (unpaired) electrons. The third-order valence-corrected chi connectivity index (χ3v) is 5.92. The van der Waals surface area contributed by atoms with E-state index < -0.39 is 15.4 Å². The maximum atomic E-state index is 11.6. The zero-order chi connectivity index (χ0) is 15.7. The molecule has 21 heavy (non-hydrogen) atoms. The number of benzene rings is 1. The van der Waals surface area contributed by atoms with Gasteiger partial charge in [0.05, 0.1) is 11.5 Å². The van der Waals surface area contributed by atoms with E-state index in [4.69, 9.17) is 22.5 Å². The first-order valence-electron chi connectivity index (χ1n) is 6.46. The summed E-state index contributed by atoms with van der Waals surface area (Å²) in [6.07, 6.45) is 0.592. The summed E-state index contributed by atoms with van der Waals surface area (Å²) in [5.41, 5.74) is 6.43. The van der Waals surface area contributed by atoms with Crippen molar-refractivity contribution in [2.24, 2.45) is 10.9 Å². The Bertz CT molecular complexity index is 675. The van der Waals surface area contributed by atoms with Gasteiger partial charge in [0, 0.05) is 22.7 Å². The standard InChI is InChI=1S/C13H18ClN3O3S/c1-13(4-5-21(19,20)8-13)16-7-10-3-2-9(6-11(10)14)12(15)17-18/h2-3,6,16,18H,4-5,7-8H2,1H3,(H2,15,17). The number of rotatable bonds is 4. The van der Waals surface area contributed by atoms with Gasteiger partial charge in [-0.2, -0.15) is 0 Å². The number of nitrogens with two attached hydrogens (primary N) is 1.